The molecule has 2 fully saturated rings. The van der Waals surface area contributed by atoms with Gasteiger partial charge in [-0.2, -0.15) is 0 Å². The van der Waals surface area contributed by atoms with Crippen molar-refractivity contribution in [1.82, 2.24) is 25.0 Å². The van der Waals surface area contributed by atoms with Crippen LogP contribution in [0.4, 0.5) is 0 Å². The van der Waals surface area contributed by atoms with Gasteiger partial charge in [-0.15, -0.1) is 35.0 Å². The molecule has 8 heteroatoms. The van der Waals surface area contributed by atoms with Gasteiger partial charge in [-0.25, -0.2) is 0 Å². The molecule has 4 rings (SSSR count). The van der Waals surface area contributed by atoms with E-state index in [0.717, 1.165) is 63.5 Å². The standard InChI is InChI=1S/C16H25N5O.2ClH/c22-16(13-6-1-2-8-17-13)20-9-3-5-12(11-20)15-19-18-14-7-4-10-21(14)15;;/h12-13,17H,1-11H2;2*1H. The van der Waals surface area contributed by atoms with Gasteiger partial charge in [0.15, 0.2) is 0 Å². The summed E-state index contributed by atoms with van der Waals surface area (Å²) in [7, 11) is 0. The van der Waals surface area contributed by atoms with Crippen molar-refractivity contribution in [3.63, 3.8) is 0 Å². The number of piperidine rings is 2. The second kappa shape index (κ2) is 8.50. The van der Waals surface area contributed by atoms with Gasteiger partial charge in [0.1, 0.15) is 11.6 Å². The number of nitrogens with zero attached hydrogens (tertiary/aromatic N) is 4. The summed E-state index contributed by atoms with van der Waals surface area (Å²) >= 11 is 0. The molecule has 1 aromatic rings. The van der Waals surface area contributed by atoms with Crippen LogP contribution in [-0.2, 0) is 17.8 Å². The molecule has 2 atom stereocenters. The molecule has 0 aliphatic carbocycles. The van der Waals surface area contributed by atoms with E-state index in [1.54, 1.807) is 0 Å². The maximum absolute atomic E-state index is 12.7. The second-order valence-corrected chi connectivity index (χ2v) is 6.86. The lowest BCUT2D eigenvalue weighted by molar-refractivity contribution is -0.135. The summed E-state index contributed by atoms with van der Waals surface area (Å²) in [4.78, 5) is 14.8. The topological polar surface area (TPSA) is 63.1 Å². The van der Waals surface area contributed by atoms with E-state index in [1.165, 1.54) is 19.3 Å². The average molecular weight is 376 g/mol. The van der Waals surface area contributed by atoms with Crippen molar-refractivity contribution in [3.8, 4) is 0 Å². The van der Waals surface area contributed by atoms with E-state index >= 15 is 0 Å². The van der Waals surface area contributed by atoms with Crippen LogP contribution in [0.2, 0.25) is 0 Å². The number of amides is 1. The first-order chi connectivity index (χ1) is 10.8. The number of nitrogens with one attached hydrogen (secondary N) is 1. The molecule has 136 valence electrons. The summed E-state index contributed by atoms with van der Waals surface area (Å²) in [6.07, 6.45) is 7.77. The largest absolute Gasteiger partial charge is 0.341 e. The molecule has 3 aliphatic heterocycles. The number of hydrogen-bond acceptors (Lipinski definition) is 4. The summed E-state index contributed by atoms with van der Waals surface area (Å²) in [5, 5.41) is 12.1. The van der Waals surface area contributed by atoms with E-state index in [-0.39, 0.29) is 30.9 Å². The minimum atomic E-state index is 0. The van der Waals surface area contributed by atoms with E-state index in [9.17, 15) is 4.79 Å². The molecule has 0 saturated carbocycles. The van der Waals surface area contributed by atoms with E-state index in [0.29, 0.717) is 11.8 Å². The van der Waals surface area contributed by atoms with Crippen LogP contribution < -0.4 is 5.32 Å². The van der Waals surface area contributed by atoms with Crippen molar-refractivity contribution in [3.05, 3.63) is 11.6 Å². The highest BCUT2D eigenvalue weighted by molar-refractivity contribution is 5.85. The number of likely N-dealkylation sites (tertiary alicyclic amines) is 1. The molecule has 0 aromatic carbocycles. The Kier molecular flexibility index (Phi) is 6.89. The summed E-state index contributed by atoms with van der Waals surface area (Å²) < 4.78 is 2.29. The number of aromatic nitrogens is 3. The van der Waals surface area contributed by atoms with Crippen molar-refractivity contribution < 1.29 is 4.79 Å². The molecule has 2 unspecified atom stereocenters. The molecule has 0 bridgehead atoms. The SMILES string of the molecule is Cl.Cl.O=C(C1CCCCN1)N1CCCC(c2nnc3n2CCC3)C1. The van der Waals surface area contributed by atoms with Gasteiger partial charge < -0.3 is 14.8 Å². The summed E-state index contributed by atoms with van der Waals surface area (Å²) in [6, 6.07) is 0.0385. The lowest BCUT2D eigenvalue weighted by atomic mass is 9.95. The number of carbonyl (C=O) groups is 1. The number of rotatable bonds is 2. The van der Waals surface area contributed by atoms with Gasteiger partial charge in [-0.1, -0.05) is 6.42 Å². The lowest BCUT2D eigenvalue weighted by Crippen LogP contribution is -2.51. The molecule has 1 amide bonds. The highest BCUT2D eigenvalue weighted by Gasteiger charge is 2.33. The molecule has 4 heterocycles. The van der Waals surface area contributed by atoms with Crippen LogP contribution in [0.3, 0.4) is 0 Å². The first-order valence-electron chi connectivity index (χ1n) is 8.77. The molecular formula is C16H27Cl2N5O. The van der Waals surface area contributed by atoms with Gasteiger partial charge in [-0.05, 0) is 38.6 Å². The molecule has 6 nitrogen and oxygen atoms in total. The van der Waals surface area contributed by atoms with Gasteiger partial charge in [-0.3, -0.25) is 4.79 Å². The van der Waals surface area contributed by atoms with Crippen LogP contribution in [0, 0.1) is 0 Å². The Hall–Kier alpha value is -0.850. The molecule has 24 heavy (non-hydrogen) atoms. The highest BCUT2D eigenvalue weighted by Crippen LogP contribution is 2.29. The van der Waals surface area contributed by atoms with Crippen molar-refractivity contribution in [2.45, 2.75) is 63.5 Å². The molecule has 2 saturated heterocycles. The van der Waals surface area contributed by atoms with Gasteiger partial charge in [0, 0.05) is 32.0 Å². The number of aryl methyl sites for hydroxylation is 1. The fourth-order valence-electron chi connectivity index (χ4n) is 4.15. The zero-order valence-electron chi connectivity index (χ0n) is 13.9. The van der Waals surface area contributed by atoms with Crippen molar-refractivity contribution in [1.29, 1.82) is 0 Å². The van der Waals surface area contributed by atoms with Gasteiger partial charge in [0.05, 0.1) is 6.04 Å². The van der Waals surface area contributed by atoms with Crippen LogP contribution >= 0.6 is 24.8 Å². The Morgan fingerprint density at radius 3 is 2.71 bits per heavy atom. The van der Waals surface area contributed by atoms with E-state index in [1.807, 2.05) is 0 Å². The minimum absolute atomic E-state index is 0. The van der Waals surface area contributed by atoms with Gasteiger partial charge >= 0.3 is 0 Å². The monoisotopic (exact) mass is 375 g/mol. The molecule has 1 N–H and O–H groups in total. The number of fused-ring (bicyclic) bond motifs is 1. The summed E-state index contributed by atoms with van der Waals surface area (Å²) in [5.41, 5.74) is 0. The second-order valence-electron chi connectivity index (χ2n) is 6.86. The zero-order chi connectivity index (χ0) is 14.9. The third-order valence-electron chi connectivity index (χ3n) is 5.34. The Morgan fingerprint density at radius 2 is 1.92 bits per heavy atom. The predicted octanol–water partition coefficient (Wildman–Crippen LogP) is 1.92. The van der Waals surface area contributed by atoms with Crippen molar-refractivity contribution in [2.75, 3.05) is 19.6 Å². The van der Waals surface area contributed by atoms with Crippen LogP contribution in [0.15, 0.2) is 0 Å². The third kappa shape index (κ3) is 3.70. The fraction of sp³-hybridized carbons (Fsp3) is 0.812. The number of halogens is 2. The Morgan fingerprint density at radius 1 is 1.04 bits per heavy atom. The predicted molar refractivity (Wildman–Crippen MR) is 97.0 cm³/mol. The Balaban J connectivity index is 0.00000104. The fourth-order valence-corrected chi connectivity index (χ4v) is 4.15. The lowest BCUT2D eigenvalue weighted by Gasteiger charge is -2.35. The molecule has 0 spiro atoms. The third-order valence-corrected chi connectivity index (χ3v) is 5.34. The van der Waals surface area contributed by atoms with Crippen LogP contribution in [-0.4, -0.2) is 51.2 Å². The van der Waals surface area contributed by atoms with Crippen molar-refractivity contribution >= 4 is 30.7 Å². The molecule has 0 radical (unpaired) electrons. The minimum Gasteiger partial charge on any atom is -0.341 e. The Bertz CT molecular complexity index is 559. The smallest absolute Gasteiger partial charge is 0.239 e. The Labute approximate surface area is 155 Å². The maximum Gasteiger partial charge on any atom is 0.239 e. The van der Waals surface area contributed by atoms with E-state index < -0.39 is 0 Å². The summed E-state index contributed by atoms with van der Waals surface area (Å²) in [6.45, 7) is 3.74. The molecule has 3 aliphatic rings. The van der Waals surface area contributed by atoms with E-state index in [4.69, 9.17) is 0 Å². The van der Waals surface area contributed by atoms with Crippen LogP contribution in [0.1, 0.15) is 56.1 Å². The summed E-state index contributed by atoms with van der Waals surface area (Å²) in [5.74, 6) is 2.90. The highest BCUT2D eigenvalue weighted by atomic mass is 35.5. The van der Waals surface area contributed by atoms with Crippen LogP contribution in [0.5, 0.6) is 0 Å². The van der Waals surface area contributed by atoms with E-state index in [2.05, 4.69) is 25.0 Å². The first kappa shape index (κ1) is 19.5. The normalized spacial score (nSPS) is 26.2. The number of hydrogen-bond donors (Lipinski definition) is 1. The van der Waals surface area contributed by atoms with Crippen LogP contribution in [0.25, 0.3) is 0 Å². The van der Waals surface area contributed by atoms with Gasteiger partial charge in [0.2, 0.25) is 5.91 Å². The maximum atomic E-state index is 12.7. The zero-order valence-corrected chi connectivity index (χ0v) is 15.6. The van der Waals surface area contributed by atoms with Crippen molar-refractivity contribution in [2.24, 2.45) is 0 Å². The number of carbonyl (C=O) groups excluding carboxylic acids is 1. The first-order valence-corrected chi connectivity index (χ1v) is 8.77. The molecule has 1 aromatic heterocycles. The van der Waals surface area contributed by atoms with Gasteiger partial charge in [0.25, 0.3) is 0 Å². The quantitative estimate of drug-likeness (QED) is 0.857. The average Bonchev–Trinajstić information content (AvgIpc) is 3.18. The molecular weight excluding hydrogens is 349 g/mol.